The highest BCUT2D eigenvalue weighted by Crippen LogP contribution is 2.29. The van der Waals surface area contributed by atoms with Gasteiger partial charge in [-0.3, -0.25) is 0 Å². The maximum atomic E-state index is 6.31. The Balaban J connectivity index is 1.78. The molecule has 202 valence electrons. The lowest BCUT2D eigenvalue weighted by Gasteiger charge is -2.14. The van der Waals surface area contributed by atoms with Crippen LogP contribution in [0.3, 0.4) is 0 Å². The minimum atomic E-state index is 0.690. The van der Waals surface area contributed by atoms with Gasteiger partial charge in [-0.05, 0) is 35.7 Å². The van der Waals surface area contributed by atoms with Gasteiger partial charge in [-0.15, -0.1) is 22.7 Å². The Morgan fingerprint density at radius 1 is 0.553 bits per heavy atom. The molecule has 0 atom stereocenters. The first-order valence-electron chi connectivity index (χ1n) is 14.3. The van der Waals surface area contributed by atoms with Crippen molar-refractivity contribution in [1.29, 1.82) is 0 Å². The SMILES string of the molecule is CCCCCCCCOc1cc(C#Cc2cccs2)c(OCCCCCCCC)cc1C#Cc1cccs1. The number of rotatable bonds is 16. The van der Waals surface area contributed by atoms with Crippen LogP contribution in [-0.2, 0) is 0 Å². The van der Waals surface area contributed by atoms with Gasteiger partial charge in [-0.1, -0.05) is 114 Å². The summed E-state index contributed by atoms with van der Waals surface area (Å²) in [5.41, 5.74) is 1.73. The summed E-state index contributed by atoms with van der Waals surface area (Å²) in [6.45, 7) is 5.88. The van der Waals surface area contributed by atoms with Crippen LogP contribution in [0.25, 0.3) is 0 Å². The highest BCUT2D eigenvalue weighted by Gasteiger charge is 2.11. The predicted molar refractivity (Wildman–Crippen MR) is 165 cm³/mol. The van der Waals surface area contributed by atoms with Crippen molar-refractivity contribution >= 4 is 22.7 Å². The quantitative estimate of drug-likeness (QED) is 0.131. The van der Waals surface area contributed by atoms with Gasteiger partial charge in [0.2, 0.25) is 0 Å². The molecule has 0 amide bonds. The third-order valence-corrected chi connectivity index (χ3v) is 7.85. The molecule has 0 spiro atoms. The topological polar surface area (TPSA) is 18.5 Å². The zero-order valence-electron chi connectivity index (χ0n) is 23.2. The Kier molecular flexibility index (Phi) is 14.6. The minimum absolute atomic E-state index is 0.690. The number of hydrogen-bond donors (Lipinski definition) is 0. The number of hydrogen-bond acceptors (Lipinski definition) is 4. The van der Waals surface area contributed by atoms with Crippen LogP contribution in [0.4, 0.5) is 0 Å². The van der Waals surface area contributed by atoms with Crippen LogP contribution in [0.5, 0.6) is 11.5 Å². The van der Waals surface area contributed by atoms with E-state index in [1.807, 2.05) is 36.4 Å². The van der Waals surface area contributed by atoms with Gasteiger partial charge in [0.1, 0.15) is 11.5 Å². The van der Waals surface area contributed by atoms with Gasteiger partial charge in [0, 0.05) is 12.1 Å². The van der Waals surface area contributed by atoms with E-state index in [1.54, 1.807) is 22.7 Å². The molecule has 0 fully saturated rings. The largest absolute Gasteiger partial charge is 0.492 e. The molecule has 0 aliphatic heterocycles. The van der Waals surface area contributed by atoms with Gasteiger partial charge in [-0.2, -0.15) is 0 Å². The molecule has 0 saturated carbocycles. The number of unbranched alkanes of at least 4 members (excludes halogenated alkanes) is 10. The average molecular weight is 547 g/mol. The van der Waals surface area contributed by atoms with Gasteiger partial charge >= 0.3 is 0 Å². The summed E-state index contributed by atoms with van der Waals surface area (Å²) in [6, 6.07) is 12.2. The van der Waals surface area contributed by atoms with Gasteiger partial charge < -0.3 is 9.47 Å². The minimum Gasteiger partial charge on any atom is -0.492 e. The highest BCUT2D eigenvalue weighted by atomic mass is 32.1. The third kappa shape index (κ3) is 11.4. The van der Waals surface area contributed by atoms with Gasteiger partial charge in [-0.25, -0.2) is 0 Å². The van der Waals surface area contributed by atoms with Crippen molar-refractivity contribution in [3.63, 3.8) is 0 Å². The molecule has 4 heteroatoms. The molecule has 0 radical (unpaired) electrons. The zero-order chi connectivity index (χ0) is 26.7. The first-order chi connectivity index (χ1) is 18.8. The Bertz CT molecular complexity index is 1060. The standard InChI is InChI=1S/C34H42O2S2/c1-3-5-7-9-11-13-23-35-33-27-30(20-22-32-18-16-26-38-32)34(36-24-14-12-10-8-6-4-2)28-29(33)19-21-31-17-15-25-37-31/h15-18,25-28H,3-14,23-24H2,1-2H3. The average Bonchev–Trinajstić information content (AvgIpc) is 3.65. The third-order valence-electron chi connectivity index (χ3n) is 6.28. The van der Waals surface area contributed by atoms with E-state index >= 15 is 0 Å². The molecule has 2 aromatic heterocycles. The molecule has 0 aliphatic rings. The summed E-state index contributed by atoms with van der Waals surface area (Å²) in [4.78, 5) is 2.09. The summed E-state index contributed by atoms with van der Waals surface area (Å²) in [5.74, 6) is 14.9. The number of thiophene rings is 2. The second-order valence-corrected chi connectivity index (χ2v) is 11.4. The van der Waals surface area contributed by atoms with Gasteiger partial charge in [0.05, 0.1) is 34.1 Å². The van der Waals surface area contributed by atoms with Crippen molar-refractivity contribution in [2.24, 2.45) is 0 Å². The van der Waals surface area contributed by atoms with Crippen LogP contribution in [0, 0.1) is 23.7 Å². The Hall–Kier alpha value is -2.66. The van der Waals surface area contributed by atoms with E-state index in [0.717, 1.165) is 45.2 Å². The summed E-state index contributed by atoms with van der Waals surface area (Å²) in [5, 5.41) is 4.11. The molecule has 1 aromatic carbocycles. The van der Waals surface area contributed by atoms with Crippen molar-refractivity contribution in [3.8, 4) is 35.2 Å². The molecule has 0 aliphatic carbocycles. The molecule has 38 heavy (non-hydrogen) atoms. The van der Waals surface area contributed by atoms with E-state index in [4.69, 9.17) is 9.47 Å². The Morgan fingerprint density at radius 2 is 0.974 bits per heavy atom. The number of ether oxygens (including phenoxy) is 2. The number of benzene rings is 1. The maximum absolute atomic E-state index is 6.31. The summed E-state index contributed by atoms with van der Waals surface area (Å²) in [7, 11) is 0. The normalized spacial score (nSPS) is 10.4. The molecule has 0 bridgehead atoms. The highest BCUT2D eigenvalue weighted by molar-refractivity contribution is 7.10. The van der Waals surface area contributed by atoms with Crippen molar-refractivity contribution in [1.82, 2.24) is 0 Å². The molecule has 3 rings (SSSR count). The zero-order valence-corrected chi connectivity index (χ0v) is 24.8. The van der Waals surface area contributed by atoms with E-state index < -0.39 is 0 Å². The van der Waals surface area contributed by atoms with Gasteiger partial charge in [0.25, 0.3) is 0 Å². The first kappa shape index (κ1) is 29.9. The lowest BCUT2D eigenvalue weighted by molar-refractivity contribution is 0.295. The van der Waals surface area contributed by atoms with E-state index in [2.05, 4.69) is 48.3 Å². The van der Waals surface area contributed by atoms with Crippen molar-refractivity contribution < 1.29 is 9.47 Å². The summed E-state index contributed by atoms with van der Waals surface area (Å²) in [6.07, 6.45) is 14.8. The smallest absolute Gasteiger partial charge is 0.136 e. The van der Waals surface area contributed by atoms with E-state index in [0.29, 0.717) is 13.2 Å². The fourth-order valence-electron chi connectivity index (χ4n) is 4.08. The lowest BCUT2D eigenvalue weighted by Crippen LogP contribution is -2.03. The van der Waals surface area contributed by atoms with Crippen LogP contribution in [-0.4, -0.2) is 13.2 Å². The fourth-order valence-corrected chi connectivity index (χ4v) is 5.22. The Morgan fingerprint density at radius 3 is 1.37 bits per heavy atom. The molecular formula is C34H42O2S2. The maximum Gasteiger partial charge on any atom is 0.136 e. The van der Waals surface area contributed by atoms with Crippen molar-refractivity contribution in [3.05, 3.63) is 68.0 Å². The summed E-state index contributed by atoms with van der Waals surface area (Å²) >= 11 is 3.30. The molecule has 3 aromatic rings. The van der Waals surface area contributed by atoms with Crippen LogP contribution in [0.1, 0.15) is 112 Å². The van der Waals surface area contributed by atoms with Crippen LogP contribution >= 0.6 is 22.7 Å². The van der Waals surface area contributed by atoms with E-state index in [9.17, 15) is 0 Å². The first-order valence-corrected chi connectivity index (χ1v) is 16.1. The van der Waals surface area contributed by atoms with Crippen LogP contribution in [0.15, 0.2) is 47.2 Å². The van der Waals surface area contributed by atoms with Crippen molar-refractivity contribution in [2.75, 3.05) is 13.2 Å². The molecule has 0 unspecified atom stereocenters. The van der Waals surface area contributed by atoms with E-state index in [1.165, 1.54) is 64.2 Å². The summed E-state index contributed by atoms with van der Waals surface area (Å²) < 4.78 is 12.6. The molecule has 2 heterocycles. The van der Waals surface area contributed by atoms with E-state index in [-0.39, 0.29) is 0 Å². The molecular weight excluding hydrogens is 505 g/mol. The fraction of sp³-hybridized carbons (Fsp3) is 0.471. The van der Waals surface area contributed by atoms with Gasteiger partial charge in [0.15, 0.2) is 0 Å². The monoisotopic (exact) mass is 546 g/mol. The van der Waals surface area contributed by atoms with Crippen LogP contribution < -0.4 is 9.47 Å². The molecule has 0 saturated heterocycles. The Labute approximate surface area is 238 Å². The predicted octanol–water partition coefficient (Wildman–Crippen LogP) is 10.1. The lowest BCUT2D eigenvalue weighted by atomic mass is 10.1. The van der Waals surface area contributed by atoms with Crippen molar-refractivity contribution in [2.45, 2.75) is 90.9 Å². The second kappa shape index (κ2) is 18.6. The molecule has 0 N–H and O–H groups in total. The molecule has 2 nitrogen and oxygen atoms in total. The van der Waals surface area contributed by atoms with Crippen LogP contribution in [0.2, 0.25) is 0 Å². The second-order valence-electron chi connectivity index (χ2n) is 9.53.